The molecule has 0 saturated carbocycles. The topological polar surface area (TPSA) is 87.3 Å². The van der Waals surface area contributed by atoms with Gasteiger partial charge < -0.3 is 10.6 Å². The van der Waals surface area contributed by atoms with E-state index in [0.717, 1.165) is 0 Å². The number of urea groups is 1. The highest BCUT2D eigenvalue weighted by molar-refractivity contribution is 7.92. The second-order valence-corrected chi connectivity index (χ2v) is 5.96. The molecule has 19 heavy (non-hydrogen) atoms. The number of carbonyl (C=O) groups is 1. The fourth-order valence-corrected chi connectivity index (χ4v) is 2.70. The van der Waals surface area contributed by atoms with E-state index >= 15 is 0 Å². The van der Waals surface area contributed by atoms with E-state index in [0.29, 0.717) is 23.7 Å². The van der Waals surface area contributed by atoms with Crippen molar-refractivity contribution in [3.63, 3.8) is 0 Å². The van der Waals surface area contributed by atoms with Crippen molar-refractivity contribution in [3.8, 4) is 0 Å². The predicted molar refractivity (Wildman–Crippen MR) is 77.3 cm³/mol. The first-order valence-corrected chi connectivity index (χ1v) is 7.81. The summed E-state index contributed by atoms with van der Waals surface area (Å²) in [6, 6.07) is 6.02. The van der Waals surface area contributed by atoms with Crippen molar-refractivity contribution in [2.45, 2.75) is 6.42 Å². The van der Waals surface area contributed by atoms with E-state index in [2.05, 4.69) is 15.4 Å². The summed E-state index contributed by atoms with van der Waals surface area (Å²) in [5.41, 5.74) is 1.01. The zero-order valence-corrected chi connectivity index (χ0v) is 12.0. The van der Waals surface area contributed by atoms with Crippen molar-refractivity contribution in [1.29, 1.82) is 0 Å². The van der Waals surface area contributed by atoms with Crippen molar-refractivity contribution >= 4 is 39.0 Å². The number of nitrogens with one attached hydrogen (secondary N) is 3. The Morgan fingerprint density at radius 1 is 1.21 bits per heavy atom. The standard InChI is InChI=1S/C11H16ClN3O3S/c1-13-11(16)14-9-3-5-10(6-4-9)15-19(17,18)8-2-7-12/h3-6,15H,2,7-8H2,1H3,(H2,13,14,16). The Kier molecular flexibility index (Phi) is 5.91. The molecule has 2 amide bonds. The molecule has 106 valence electrons. The SMILES string of the molecule is CNC(=O)Nc1ccc(NS(=O)(=O)CCCCl)cc1. The average molecular weight is 306 g/mol. The van der Waals surface area contributed by atoms with E-state index in [4.69, 9.17) is 11.6 Å². The molecule has 0 aliphatic carbocycles. The molecule has 0 spiro atoms. The van der Waals surface area contributed by atoms with Crippen LogP contribution in [0.15, 0.2) is 24.3 Å². The highest BCUT2D eigenvalue weighted by atomic mass is 35.5. The molecule has 1 rings (SSSR count). The van der Waals surface area contributed by atoms with Gasteiger partial charge in [0, 0.05) is 24.3 Å². The summed E-state index contributed by atoms with van der Waals surface area (Å²) in [6.45, 7) is 0. The zero-order valence-electron chi connectivity index (χ0n) is 10.4. The Labute approximate surface area is 117 Å². The van der Waals surface area contributed by atoms with Gasteiger partial charge in [0.15, 0.2) is 0 Å². The molecular weight excluding hydrogens is 290 g/mol. The van der Waals surface area contributed by atoms with Crippen molar-refractivity contribution < 1.29 is 13.2 Å². The Morgan fingerprint density at radius 3 is 2.32 bits per heavy atom. The van der Waals surface area contributed by atoms with Crippen LogP contribution in [0.2, 0.25) is 0 Å². The maximum absolute atomic E-state index is 11.6. The maximum atomic E-state index is 11.6. The molecule has 1 aromatic carbocycles. The van der Waals surface area contributed by atoms with Crippen molar-refractivity contribution in [2.24, 2.45) is 0 Å². The van der Waals surface area contributed by atoms with Crippen LogP contribution in [-0.4, -0.2) is 33.1 Å². The number of halogens is 1. The van der Waals surface area contributed by atoms with Gasteiger partial charge in [-0.2, -0.15) is 0 Å². The molecule has 3 N–H and O–H groups in total. The van der Waals surface area contributed by atoms with Crippen LogP contribution in [0.25, 0.3) is 0 Å². The molecule has 0 saturated heterocycles. The molecule has 0 bridgehead atoms. The summed E-state index contributed by atoms with van der Waals surface area (Å²) in [6.07, 6.45) is 0.396. The third kappa shape index (κ3) is 5.80. The summed E-state index contributed by atoms with van der Waals surface area (Å²) in [5, 5.41) is 4.99. The first kappa shape index (κ1) is 15.6. The van der Waals surface area contributed by atoms with E-state index in [9.17, 15) is 13.2 Å². The number of benzene rings is 1. The van der Waals surface area contributed by atoms with Crippen LogP contribution in [0.1, 0.15) is 6.42 Å². The first-order chi connectivity index (χ1) is 8.96. The fraction of sp³-hybridized carbons (Fsp3) is 0.364. The van der Waals surface area contributed by atoms with E-state index in [1.165, 1.54) is 7.05 Å². The quantitative estimate of drug-likeness (QED) is 0.700. The second kappa shape index (κ2) is 7.20. The lowest BCUT2D eigenvalue weighted by Gasteiger charge is -2.08. The molecule has 0 atom stereocenters. The monoisotopic (exact) mass is 305 g/mol. The van der Waals surface area contributed by atoms with Gasteiger partial charge in [0.2, 0.25) is 10.0 Å². The van der Waals surface area contributed by atoms with Gasteiger partial charge in [-0.25, -0.2) is 13.2 Å². The average Bonchev–Trinajstić information content (AvgIpc) is 2.38. The number of anilines is 2. The Hall–Kier alpha value is -1.47. The Morgan fingerprint density at radius 2 is 1.79 bits per heavy atom. The first-order valence-electron chi connectivity index (χ1n) is 5.62. The molecular formula is C11H16ClN3O3S. The van der Waals surface area contributed by atoms with Crippen LogP contribution in [-0.2, 0) is 10.0 Å². The Bertz CT molecular complexity index is 516. The number of sulfonamides is 1. The van der Waals surface area contributed by atoms with Crippen LogP contribution in [0.4, 0.5) is 16.2 Å². The third-order valence-corrected chi connectivity index (χ3v) is 3.83. The van der Waals surface area contributed by atoms with Crippen LogP contribution in [0, 0.1) is 0 Å². The van der Waals surface area contributed by atoms with Gasteiger partial charge in [0.05, 0.1) is 5.75 Å². The molecule has 0 aliphatic rings. The second-order valence-electron chi connectivity index (χ2n) is 3.74. The lowest BCUT2D eigenvalue weighted by atomic mass is 10.3. The minimum Gasteiger partial charge on any atom is -0.341 e. The van der Waals surface area contributed by atoms with Crippen molar-refractivity contribution in [3.05, 3.63) is 24.3 Å². The van der Waals surface area contributed by atoms with Gasteiger partial charge in [-0.05, 0) is 30.7 Å². The highest BCUT2D eigenvalue weighted by Gasteiger charge is 2.09. The highest BCUT2D eigenvalue weighted by Crippen LogP contribution is 2.15. The van der Waals surface area contributed by atoms with Gasteiger partial charge >= 0.3 is 6.03 Å². The lowest BCUT2D eigenvalue weighted by molar-refractivity contribution is 0.254. The number of alkyl halides is 1. The number of hydrogen-bond donors (Lipinski definition) is 3. The smallest absolute Gasteiger partial charge is 0.318 e. The summed E-state index contributed by atoms with van der Waals surface area (Å²) < 4.78 is 25.7. The van der Waals surface area contributed by atoms with E-state index < -0.39 is 10.0 Å². The zero-order chi connectivity index (χ0) is 14.3. The minimum absolute atomic E-state index is 0.0191. The number of carbonyl (C=O) groups excluding carboxylic acids is 1. The van der Waals surface area contributed by atoms with Gasteiger partial charge in [-0.3, -0.25) is 4.72 Å². The van der Waals surface area contributed by atoms with Crippen molar-refractivity contribution in [2.75, 3.05) is 28.7 Å². The third-order valence-electron chi connectivity index (χ3n) is 2.19. The van der Waals surface area contributed by atoms with E-state index in [1.807, 2.05) is 0 Å². The van der Waals surface area contributed by atoms with E-state index in [-0.39, 0.29) is 11.8 Å². The van der Waals surface area contributed by atoms with Crippen LogP contribution in [0.3, 0.4) is 0 Å². The number of amides is 2. The van der Waals surface area contributed by atoms with Crippen molar-refractivity contribution in [1.82, 2.24) is 5.32 Å². The normalized spacial score (nSPS) is 10.8. The molecule has 0 radical (unpaired) electrons. The predicted octanol–water partition coefficient (Wildman–Crippen LogP) is 1.81. The largest absolute Gasteiger partial charge is 0.341 e. The maximum Gasteiger partial charge on any atom is 0.318 e. The van der Waals surface area contributed by atoms with Gasteiger partial charge in [-0.1, -0.05) is 0 Å². The minimum atomic E-state index is -3.37. The summed E-state index contributed by atoms with van der Waals surface area (Å²) >= 11 is 5.46. The Balaban J connectivity index is 2.64. The summed E-state index contributed by atoms with van der Waals surface area (Å²) in [5.74, 6) is 0.282. The summed E-state index contributed by atoms with van der Waals surface area (Å²) in [7, 11) is -1.86. The fourth-order valence-electron chi connectivity index (χ4n) is 1.29. The van der Waals surface area contributed by atoms with Gasteiger partial charge in [0.1, 0.15) is 0 Å². The lowest BCUT2D eigenvalue weighted by Crippen LogP contribution is -2.24. The van der Waals surface area contributed by atoms with Gasteiger partial charge in [0.25, 0.3) is 0 Å². The van der Waals surface area contributed by atoms with Gasteiger partial charge in [-0.15, -0.1) is 11.6 Å². The van der Waals surface area contributed by atoms with Crippen LogP contribution >= 0.6 is 11.6 Å². The number of rotatable bonds is 6. The molecule has 0 aromatic heterocycles. The molecule has 0 heterocycles. The molecule has 0 fully saturated rings. The molecule has 8 heteroatoms. The molecule has 0 unspecified atom stereocenters. The molecule has 6 nitrogen and oxygen atoms in total. The van der Waals surface area contributed by atoms with E-state index in [1.54, 1.807) is 24.3 Å². The van der Waals surface area contributed by atoms with Crippen LogP contribution in [0.5, 0.6) is 0 Å². The molecule has 1 aromatic rings. The summed E-state index contributed by atoms with van der Waals surface area (Å²) in [4.78, 5) is 11.1. The van der Waals surface area contributed by atoms with Crippen LogP contribution < -0.4 is 15.4 Å². The molecule has 0 aliphatic heterocycles. The number of hydrogen-bond acceptors (Lipinski definition) is 3.